The number of hydrogen-bond donors (Lipinski definition) is 0. The molecule has 0 aromatic heterocycles. The second-order valence-electron chi connectivity index (χ2n) is 9.70. The third-order valence-corrected chi connectivity index (χ3v) is 6.13. The normalized spacial score (nSPS) is 12.5. The molecule has 0 unspecified atom stereocenters. The molecule has 0 aliphatic heterocycles. The predicted molar refractivity (Wildman–Crippen MR) is 135 cm³/mol. The quantitative estimate of drug-likeness (QED) is 0.330. The van der Waals surface area contributed by atoms with Gasteiger partial charge in [0.15, 0.2) is 0 Å². The number of benzene rings is 3. The van der Waals surface area contributed by atoms with Gasteiger partial charge in [0.25, 0.3) is 0 Å². The number of fused-ring (bicyclic) bond motifs is 3. The van der Waals surface area contributed by atoms with Crippen LogP contribution in [0.5, 0.6) is 0 Å². The fourth-order valence-electron chi connectivity index (χ4n) is 4.47. The van der Waals surface area contributed by atoms with Crippen molar-refractivity contribution in [3.05, 3.63) is 88.5 Å². The number of hydrogen-bond acceptors (Lipinski definition) is 5. The number of esters is 1. The number of anilines is 1. The van der Waals surface area contributed by atoms with Gasteiger partial charge in [0.1, 0.15) is 18.5 Å². The third-order valence-electron chi connectivity index (χ3n) is 6.13. The molecule has 0 saturated carbocycles. The molecule has 1 aliphatic rings. The number of aldehydes is 1. The standard InChI is InChI=1S/C29H29NO5/c1-18-24(27(32)35-29(2,3)4)14-19(16-31)15-26(18)30(5)28(33)34-17-25-22-12-8-6-10-20(22)21-11-7-9-13-23(21)25/h6-16,25H,17H2,1-5H3. The molecule has 0 N–H and O–H groups in total. The van der Waals surface area contributed by atoms with Crippen LogP contribution in [0.1, 0.15) is 64.1 Å². The van der Waals surface area contributed by atoms with Crippen molar-refractivity contribution in [3.63, 3.8) is 0 Å². The Balaban J connectivity index is 1.57. The van der Waals surface area contributed by atoms with Crippen molar-refractivity contribution in [1.29, 1.82) is 0 Å². The average Bonchev–Trinajstić information content (AvgIpc) is 3.15. The Morgan fingerprint density at radius 1 is 0.971 bits per heavy atom. The molecule has 0 heterocycles. The maximum atomic E-state index is 13.1. The summed E-state index contributed by atoms with van der Waals surface area (Å²) in [4.78, 5) is 38.7. The van der Waals surface area contributed by atoms with Crippen molar-refractivity contribution in [2.45, 2.75) is 39.2 Å². The molecular weight excluding hydrogens is 442 g/mol. The van der Waals surface area contributed by atoms with E-state index in [0.717, 1.165) is 22.3 Å². The van der Waals surface area contributed by atoms with Crippen LogP contribution in [0, 0.1) is 6.92 Å². The van der Waals surface area contributed by atoms with Crippen LogP contribution in [0.15, 0.2) is 60.7 Å². The number of ether oxygens (including phenoxy) is 2. The van der Waals surface area contributed by atoms with E-state index in [9.17, 15) is 14.4 Å². The number of nitrogens with zero attached hydrogens (tertiary/aromatic N) is 1. The SMILES string of the molecule is Cc1c(C(=O)OC(C)(C)C)cc(C=O)cc1N(C)C(=O)OCC1c2ccccc2-c2ccccc21. The van der Waals surface area contributed by atoms with Gasteiger partial charge in [-0.2, -0.15) is 0 Å². The summed E-state index contributed by atoms with van der Waals surface area (Å²) in [6.45, 7) is 7.20. The summed E-state index contributed by atoms with van der Waals surface area (Å²) in [5.74, 6) is -0.625. The lowest BCUT2D eigenvalue weighted by Gasteiger charge is -2.24. The van der Waals surface area contributed by atoms with E-state index >= 15 is 0 Å². The van der Waals surface area contributed by atoms with Crippen LogP contribution in [0.2, 0.25) is 0 Å². The van der Waals surface area contributed by atoms with Crippen LogP contribution >= 0.6 is 0 Å². The molecule has 0 fully saturated rings. The fourth-order valence-corrected chi connectivity index (χ4v) is 4.47. The van der Waals surface area contributed by atoms with Crippen LogP contribution in [-0.4, -0.2) is 37.6 Å². The molecule has 0 bridgehead atoms. The molecule has 0 atom stereocenters. The van der Waals surface area contributed by atoms with Gasteiger partial charge in [0, 0.05) is 18.5 Å². The summed E-state index contributed by atoms with van der Waals surface area (Å²) >= 11 is 0. The summed E-state index contributed by atoms with van der Waals surface area (Å²) in [6.07, 6.45) is 0.0655. The average molecular weight is 472 g/mol. The molecule has 6 heteroatoms. The second kappa shape index (κ2) is 9.37. The highest BCUT2D eigenvalue weighted by atomic mass is 16.6. The van der Waals surface area contributed by atoms with Gasteiger partial charge in [0.05, 0.1) is 11.3 Å². The lowest BCUT2D eigenvalue weighted by atomic mass is 9.98. The summed E-state index contributed by atoms with van der Waals surface area (Å²) < 4.78 is 11.2. The zero-order valence-electron chi connectivity index (χ0n) is 20.6. The van der Waals surface area contributed by atoms with Gasteiger partial charge in [-0.05, 0) is 67.6 Å². The molecular formula is C29H29NO5. The minimum absolute atomic E-state index is 0.0699. The topological polar surface area (TPSA) is 72.9 Å². The minimum atomic E-state index is -0.695. The smallest absolute Gasteiger partial charge is 0.414 e. The van der Waals surface area contributed by atoms with E-state index in [-0.39, 0.29) is 23.7 Å². The molecule has 35 heavy (non-hydrogen) atoms. The van der Waals surface area contributed by atoms with Crippen LogP contribution in [0.3, 0.4) is 0 Å². The second-order valence-corrected chi connectivity index (χ2v) is 9.70. The van der Waals surface area contributed by atoms with E-state index < -0.39 is 17.7 Å². The van der Waals surface area contributed by atoms with Gasteiger partial charge in [-0.25, -0.2) is 9.59 Å². The van der Waals surface area contributed by atoms with Crippen LogP contribution in [0.4, 0.5) is 10.5 Å². The first-order valence-corrected chi connectivity index (χ1v) is 11.5. The monoisotopic (exact) mass is 471 g/mol. The lowest BCUT2D eigenvalue weighted by molar-refractivity contribution is 0.00686. The maximum absolute atomic E-state index is 13.1. The number of carbonyl (C=O) groups excluding carboxylic acids is 3. The summed E-state index contributed by atoms with van der Waals surface area (Å²) in [6, 6.07) is 19.3. The molecule has 0 spiro atoms. The maximum Gasteiger partial charge on any atom is 0.414 e. The first-order valence-electron chi connectivity index (χ1n) is 11.5. The Morgan fingerprint density at radius 3 is 2.09 bits per heavy atom. The van der Waals surface area contributed by atoms with Crippen molar-refractivity contribution < 1.29 is 23.9 Å². The molecule has 0 saturated heterocycles. The van der Waals surface area contributed by atoms with Crippen LogP contribution in [0.25, 0.3) is 11.1 Å². The van der Waals surface area contributed by atoms with Gasteiger partial charge in [-0.1, -0.05) is 48.5 Å². The zero-order valence-corrected chi connectivity index (χ0v) is 20.6. The van der Waals surface area contributed by atoms with Gasteiger partial charge >= 0.3 is 12.1 Å². The van der Waals surface area contributed by atoms with Crippen LogP contribution in [-0.2, 0) is 9.47 Å². The number of rotatable bonds is 5. The zero-order chi connectivity index (χ0) is 25.3. The molecule has 0 radical (unpaired) electrons. The summed E-state index contributed by atoms with van der Waals surface area (Å²) in [7, 11) is 1.56. The van der Waals surface area contributed by atoms with E-state index in [1.54, 1.807) is 40.8 Å². The molecule has 180 valence electrons. The van der Waals surface area contributed by atoms with Gasteiger partial charge in [0.2, 0.25) is 0 Å². The largest absolute Gasteiger partial charge is 0.456 e. The molecule has 3 aromatic carbocycles. The molecule has 1 amide bonds. The Bertz CT molecular complexity index is 1260. The van der Waals surface area contributed by atoms with E-state index in [2.05, 4.69) is 24.3 Å². The predicted octanol–water partition coefficient (Wildman–Crippen LogP) is 6.15. The van der Waals surface area contributed by atoms with E-state index in [4.69, 9.17) is 9.47 Å². The molecule has 3 aromatic rings. The highest BCUT2D eigenvalue weighted by Crippen LogP contribution is 2.44. The highest BCUT2D eigenvalue weighted by molar-refractivity contribution is 5.98. The molecule has 1 aliphatic carbocycles. The van der Waals surface area contributed by atoms with E-state index in [1.165, 1.54) is 11.0 Å². The first kappa shape index (κ1) is 24.2. The van der Waals surface area contributed by atoms with Crippen molar-refractivity contribution in [2.24, 2.45) is 0 Å². The minimum Gasteiger partial charge on any atom is -0.456 e. The summed E-state index contributed by atoms with van der Waals surface area (Å²) in [5, 5.41) is 0. The third kappa shape index (κ3) is 4.83. The van der Waals surface area contributed by atoms with Crippen molar-refractivity contribution in [1.82, 2.24) is 0 Å². The van der Waals surface area contributed by atoms with E-state index in [0.29, 0.717) is 17.5 Å². The van der Waals surface area contributed by atoms with Crippen molar-refractivity contribution in [3.8, 4) is 11.1 Å². The van der Waals surface area contributed by atoms with E-state index in [1.807, 2.05) is 24.3 Å². The lowest BCUT2D eigenvalue weighted by Crippen LogP contribution is -2.30. The molecule has 6 nitrogen and oxygen atoms in total. The fraction of sp³-hybridized carbons (Fsp3) is 0.276. The van der Waals surface area contributed by atoms with Gasteiger partial charge in [-0.15, -0.1) is 0 Å². The van der Waals surface area contributed by atoms with Crippen molar-refractivity contribution in [2.75, 3.05) is 18.6 Å². The van der Waals surface area contributed by atoms with Crippen molar-refractivity contribution >= 4 is 24.0 Å². The Kier molecular flexibility index (Phi) is 6.48. The number of amides is 1. The Labute approximate surface area is 205 Å². The van der Waals surface area contributed by atoms with Gasteiger partial charge < -0.3 is 9.47 Å². The first-order chi connectivity index (χ1) is 16.6. The van der Waals surface area contributed by atoms with Gasteiger partial charge in [-0.3, -0.25) is 9.69 Å². The van der Waals surface area contributed by atoms with Crippen LogP contribution < -0.4 is 4.90 Å². The highest BCUT2D eigenvalue weighted by Gasteiger charge is 2.30. The molecule has 4 rings (SSSR count). The summed E-state index contributed by atoms with van der Waals surface area (Å²) in [5.41, 5.74) is 5.28. The Hall–Kier alpha value is -3.93. The number of carbonyl (C=O) groups is 3. The Morgan fingerprint density at radius 2 is 1.54 bits per heavy atom.